The number of ether oxygens (including phenoxy) is 1. The third-order valence-corrected chi connectivity index (χ3v) is 4.17. The van der Waals surface area contributed by atoms with Crippen LogP contribution < -0.4 is 4.74 Å². The highest BCUT2D eigenvalue weighted by molar-refractivity contribution is 6.31. The van der Waals surface area contributed by atoms with Gasteiger partial charge in [-0.15, -0.1) is 0 Å². The molecule has 0 saturated heterocycles. The topological polar surface area (TPSA) is 46.5 Å². The van der Waals surface area contributed by atoms with E-state index in [0.717, 1.165) is 11.6 Å². The minimum Gasteiger partial charge on any atom is -0.507 e. The van der Waals surface area contributed by atoms with Crippen molar-refractivity contribution in [1.82, 2.24) is 0 Å². The van der Waals surface area contributed by atoms with Gasteiger partial charge in [0.2, 0.25) is 0 Å². The number of carbonyl (C=O) groups is 1. The first-order valence-corrected chi connectivity index (χ1v) is 7.41. The number of hydrogen-bond acceptors (Lipinski definition) is 3. The van der Waals surface area contributed by atoms with E-state index < -0.39 is 5.97 Å². The largest absolute Gasteiger partial charge is 0.507 e. The molecule has 1 N–H and O–H groups in total. The Bertz CT molecular complexity index is 838. The molecular formula is C17H12Cl2O3. The summed E-state index contributed by atoms with van der Waals surface area (Å²) < 4.78 is 5.42. The first-order chi connectivity index (χ1) is 10.5. The van der Waals surface area contributed by atoms with Gasteiger partial charge in [0.05, 0.1) is 0 Å². The molecule has 3 rings (SSSR count). The highest BCUT2D eigenvalue weighted by atomic mass is 35.5. The van der Waals surface area contributed by atoms with E-state index >= 15 is 0 Å². The molecule has 112 valence electrons. The number of esters is 1. The number of phenolic OH excluding ortho intramolecular Hbond substituents is 1. The molecule has 0 heterocycles. The molecule has 0 bridgehead atoms. The summed E-state index contributed by atoms with van der Waals surface area (Å²) in [5.74, 6) is -0.0169. The Balaban J connectivity index is 2.34. The second-order valence-electron chi connectivity index (χ2n) is 4.98. The number of carbonyl (C=O) groups excluding carboxylic acids is 1. The Morgan fingerprint density at radius 1 is 1.27 bits per heavy atom. The molecule has 1 aliphatic carbocycles. The van der Waals surface area contributed by atoms with Gasteiger partial charge in [-0.25, -0.2) is 4.79 Å². The lowest BCUT2D eigenvalue weighted by Crippen LogP contribution is -2.10. The molecule has 0 radical (unpaired) electrons. The van der Waals surface area contributed by atoms with Gasteiger partial charge in [-0.2, -0.15) is 0 Å². The van der Waals surface area contributed by atoms with Gasteiger partial charge >= 0.3 is 5.97 Å². The van der Waals surface area contributed by atoms with Crippen LogP contribution in [0.5, 0.6) is 11.5 Å². The summed E-state index contributed by atoms with van der Waals surface area (Å²) in [6, 6.07) is 5.05. The van der Waals surface area contributed by atoms with Crippen molar-refractivity contribution in [3.05, 3.63) is 58.1 Å². The van der Waals surface area contributed by atoms with E-state index in [-0.39, 0.29) is 5.75 Å². The maximum absolute atomic E-state index is 11.7. The molecule has 0 spiro atoms. The molecule has 5 heteroatoms. The van der Waals surface area contributed by atoms with Crippen molar-refractivity contribution >= 4 is 39.9 Å². The SMILES string of the molecule is C=CC(=O)Oc1c2c(c(O)c3cc(Cl)ccc13)CC=C(Cl)C2. The van der Waals surface area contributed by atoms with Crippen LogP contribution in [0.2, 0.25) is 5.02 Å². The van der Waals surface area contributed by atoms with Gasteiger partial charge in [0.1, 0.15) is 11.5 Å². The minimum absolute atomic E-state index is 0.145. The highest BCUT2D eigenvalue weighted by Gasteiger charge is 2.24. The second-order valence-corrected chi connectivity index (χ2v) is 5.90. The first-order valence-electron chi connectivity index (χ1n) is 6.66. The van der Waals surface area contributed by atoms with Crippen molar-refractivity contribution < 1.29 is 14.6 Å². The molecule has 0 saturated carbocycles. The lowest BCUT2D eigenvalue weighted by Gasteiger charge is -2.21. The Morgan fingerprint density at radius 2 is 2.05 bits per heavy atom. The number of phenols is 1. The monoisotopic (exact) mass is 334 g/mol. The van der Waals surface area contributed by atoms with E-state index in [2.05, 4.69) is 6.58 Å². The predicted molar refractivity (Wildman–Crippen MR) is 87.8 cm³/mol. The number of hydrogen-bond donors (Lipinski definition) is 1. The average Bonchev–Trinajstić information content (AvgIpc) is 2.51. The normalized spacial score (nSPS) is 13.5. The lowest BCUT2D eigenvalue weighted by atomic mass is 9.90. The van der Waals surface area contributed by atoms with E-state index in [0.29, 0.717) is 45.0 Å². The maximum atomic E-state index is 11.7. The molecule has 0 atom stereocenters. The summed E-state index contributed by atoms with van der Waals surface area (Å²) >= 11 is 12.1. The smallest absolute Gasteiger partial charge is 0.335 e. The number of fused-ring (bicyclic) bond motifs is 2. The van der Waals surface area contributed by atoms with Gasteiger partial charge in [-0.05, 0) is 24.6 Å². The molecule has 0 fully saturated rings. The molecule has 2 aromatic carbocycles. The van der Waals surface area contributed by atoms with Crippen molar-refractivity contribution in [2.75, 3.05) is 0 Å². The summed E-state index contributed by atoms with van der Waals surface area (Å²) in [7, 11) is 0. The van der Waals surface area contributed by atoms with Gasteiger partial charge < -0.3 is 9.84 Å². The van der Waals surface area contributed by atoms with Crippen molar-refractivity contribution in [2.24, 2.45) is 0 Å². The Morgan fingerprint density at radius 3 is 2.77 bits per heavy atom. The van der Waals surface area contributed by atoms with Crippen LogP contribution in [0.15, 0.2) is 42.0 Å². The van der Waals surface area contributed by atoms with Crippen LogP contribution in [0.25, 0.3) is 10.8 Å². The minimum atomic E-state index is -0.560. The van der Waals surface area contributed by atoms with Crippen LogP contribution in [0.4, 0.5) is 0 Å². The molecule has 0 unspecified atom stereocenters. The second kappa shape index (κ2) is 5.67. The Labute approximate surface area is 137 Å². The number of allylic oxidation sites excluding steroid dienone is 2. The van der Waals surface area contributed by atoms with Crippen LogP contribution in [-0.2, 0) is 17.6 Å². The fourth-order valence-corrected chi connectivity index (χ4v) is 3.02. The Hall–Kier alpha value is -1.97. The summed E-state index contributed by atoms with van der Waals surface area (Å²) in [6.07, 6.45) is 3.81. The van der Waals surface area contributed by atoms with Crippen LogP contribution in [0.3, 0.4) is 0 Å². The molecule has 1 aliphatic rings. The zero-order chi connectivity index (χ0) is 15.9. The zero-order valence-electron chi connectivity index (χ0n) is 11.5. The van der Waals surface area contributed by atoms with Crippen molar-refractivity contribution in [3.63, 3.8) is 0 Å². The van der Waals surface area contributed by atoms with E-state index in [4.69, 9.17) is 27.9 Å². The Kier molecular flexibility index (Phi) is 3.85. The first kappa shape index (κ1) is 14.9. The molecule has 3 nitrogen and oxygen atoms in total. The third kappa shape index (κ3) is 2.47. The number of benzene rings is 2. The van der Waals surface area contributed by atoms with E-state index in [9.17, 15) is 9.90 Å². The fraction of sp³-hybridized carbons (Fsp3) is 0.118. The van der Waals surface area contributed by atoms with E-state index in [1.807, 2.05) is 6.08 Å². The van der Waals surface area contributed by atoms with Gasteiger partial charge in [0, 0.05) is 44.5 Å². The molecule has 0 aromatic heterocycles. The van der Waals surface area contributed by atoms with Gasteiger partial charge in [0.25, 0.3) is 0 Å². The van der Waals surface area contributed by atoms with Crippen LogP contribution >= 0.6 is 23.2 Å². The third-order valence-electron chi connectivity index (χ3n) is 3.65. The molecule has 0 aliphatic heterocycles. The van der Waals surface area contributed by atoms with E-state index in [1.165, 1.54) is 0 Å². The lowest BCUT2D eigenvalue weighted by molar-refractivity contribution is -0.128. The van der Waals surface area contributed by atoms with Gasteiger partial charge in [-0.1, -0.05) is 35.9 Å². The summed E-state index contributed by atoms with van der Waals surface area (Å²) in [5.41, 5.74) is 1.42. The number of halogens is 2. The summed E-state index contributed by atoms with van der Waals surface area (Å²) in [6.45, 7) is 3.41. The number of rotatable bonds is 2. The highest BCUT2D eigenvalue weighted by Crippen LogP contribution is 2.44. The predicted octanol–water partition coefficient (Wildman–Crippen LogP) is 4.51. The quantitative estimate of drug-likeness (QED) is 0.499. The van der Waals surface area contributed by atoms with E-state index in [1.54, 1.807) is 18.2 Å². The van der Waals surface area contributed by atoms with Crippen LogP contribution in [-0.4, -0.2) is 11.1 Å². The molecule has 2 aromatic rings. The standard InChI is InChI=1S/C17H12Cl2O3/c1-2-15(20)22-17-12-6-4-9(18)7-13(12)16(21)11-5-3-10(19)8-14(11)17/h2-4,6-7,21H,1,5,8H2. The molecule has 22 heavy (non-hydrogen) atoms. The zero-order valence-corrected chi connectivity index (χ0v) is 13.0. The average molecular weight is 335 g/mol. The van der Waals surface area contributed by atoms with Crippen LogP contribution in [0, 0.1) is 0 Å². The fourth-order valence-electron chi connectivity index (χ4n) is 2.64. The molecular weight excluding hydrogens is 323 g/mol. The summed E-state index contributed by atoms with van der Waals surface area (Å²) in [4.78, 5) is 11.7. The van der Waals surface area contributed by atoms with Gasteiger partial charge in [-0.3, -0.25) is 0 Å². The van der Waals surface area contributed by atoms with Crippen molar-refractivity contribution in [2.45, 2.75) is 12.8 Å². The van der Waals surface area contributed by atoms with Gasteiger partial charge in [0.15, 0.2) is 0 Å². The van der Waals surface area contributed by atoms with Crippen molar-refractivity contribution in [1.29, 1.82) is 0 Å². The van der Waals surface area contributed by atoms with Crippen molar-refractivity contribution in [3.8, 4) is 11.5 Å². The summed E-state index contributed by atoms with van der Waals surface area (Å²) in [5, 5.41) is 12.8. The molecule has 0 amide bonds. The number of aromatic hydroxyl groups is 1. The maximum Gasteiger partial charge on any atom is 0.335 e. The van der Waals surface area contributed by atoms with Crippen LogP contribution in [0.1, 0.15) is 11.1 Å².